The zero-order valence-corrected chi connectivity index (χ0v) is 16.7. The molecule has 1 aliphatic heterocycles. The number of Topliss-reactive ketones (excluding diaryl/α,β-unsaturated/α-hetero) is 1. The number of nitrogens with zero attached hydrogens (tertiary/aromatic N) is 4. The molecule has 2 heterocycles. The Morgan fingerprint density at radius 1 is 1.19 bits per heavy atom. The molecule has 1 aromatic heterocycles. The number of carbonyl (C=O) groups excluding carboxylic acids is 2. The zero-order valence-electron chi connectivity index (χ0n) is 16.7. The number of halogens is 1. The van der Waals surface area contributed by atoms with Gasteiger partial charge in [-0.05, 0) is 59.3 Å². The van der Waals surface area contributed by atoms with Gasteiger partial charge in [-0.2, -0.15) is 4.68 Å². The monoisotopic (exact) mass is 423 g/mol. The van der Waals surface area contributed by atoms with Gasteiger partial charge >= 0.3 is 5.97 Å². The van der Waals surface area contributed by atoms with Crippen molar-refractivity contribution in [1.82, 2.24) is 20.2 Å². The molecule has 0 fully saturated rings. The zero-order chi connectivity index (χ0) is 22.0. The molecular formula is C21H18FN5O4. The van der Waals surface area contributed by atoms with Gasteiger partial charge < -0.3 is 14.8 Å². The first kappa shape index (κ1) is 20.2. The van der Waals surface area contributed by atoms with E-state index in [9.17, 15) is 14.0 Å². The number of benzene rings is 2. The molecule has 1 atom stereocenters. The Balaban J connectivity index is 1.89. The van der Waals surface area contributed by atoms with Crippen LogP contribution >= 0.6 is 0 Å². The van der Waals surface area contributed by atoms with Crippen LogP contribution in [-0.4, -0.2) is 45.7 Å². The van der Waals surface area contributed by atoms with E-state index in [0.717, 1.165) is 0 Å². The van der Waals surface area contributed by atoms with Gasteiger partial charge in [0.25, 0.3) is 0 Å². The molecule has 0 aliphatic carbocycles. The van der Waals surface area contributed by atoms with E-state index in [1.807, 2.05) is 6.92 Å². The normalized spacial score (nSPS) is 15.1. The van der Waals surface area contributed by atoms with Gasteiger partial charge in [0.2, 0.25) is 5.95 Å². The Bertz CT molecular complexity index is 1170. The lowest BCUT2D eigenvalue weighted by molar-refractivity contribution is -0.136. The largest absolute Gasteiger partial charge is 0.494 e. The van der Waals surface area contributed by atoms with Crippen LogP contribution in [0.5, 0.6) is 5.75 Å². The summed E-state index contributed by atoms with van der Waals surface area (Å²) in [6, 6.07) is 11.2. The molecule has 31 heavy (non-hydrogen) atoms. The molecule has 2 aromatic carbocycles. The van der Waals surface area contributed by atoms with E-state index in [-0.39, 0.29) is 17.2 Å². The van der Waals surface area contributed by atoms with Crippen LogP contribution < -0.4 is 10.1 Å². The van der Waals surface area contributed by atoms with E-state index >= 15 is 0 Å². The van der Waals surface area contributed by atoms with Crippen molar-refractivity contribution in [3.63, 3.8) is 0 Å². The van der Waals surface area contributed by atoms with Gasteiger partial charge in [-0.1, -0.05) is 17.2 Å². The van der Waals surface area contributed by atoms with Gasteiger partial charge in [-0.25, -0.2) is 9.18 Å². The van der Waals surface area contributed by atoms with Gasteiger partial charge in [0, 0.05) is 5.56 Å². The molecule has 0 radical (unpaired) electrons. The molecule has 0 unspecified atom stereocenters. The fraction of sp³-hybridized carbons (Fsp3) is 0.190. The van der Waals surface area contributed by atoms with Crippen molar-refractivity contribution >= 4 is 17.7 Å². The van der Waals surface area contributed by atoms with Crippen LogP contribution in [0, 0.1) is 5.82 Å². The molecule has 10 heteroatoms. The molecule has 9 nitrogen and oxygen atoms in total. The maximum Gasteiger partial charge on any atom is 0.355 e. The van der Waals surface area contributed by atoms with Crippen molar-refractivity contribution < 1.29 is 23.5 Å². The van der Waals surface area contributed by atoms with Crippen LogP contribution in [-0.2, 0) is 9.53 Å². The maximum absolute atomic E-state index is 14.0. The van der Waals surface area contributed by atoms with Crippen molar-refractivity contribution in [1.29, 1.82) is 0 Å². The fourth-order valence-electron chi connectivity index (χ4n) is 3.40. The number of allylic oxidation sites excluding steroid dienone is 1. The molecule has 4 rings (SSSR count). The van der Waals surface area contributed by atoms with Crippen molar-refractivity contribution in [2.45, 2.75) is 13.0 Å². The fourth-order valence-corrected chi connectivity index (χ4v) is 3.40. The van der Waals surface area contributed by atoms with E-state index in [0.29, 0.717) is 23.5 Å². The number of ketones is 1. The van der Waals surface area contributed by atoms with Gasteiger partial charge in [-0.15, -0.1) is 0 Å². The number of methoxy groups -OCH3 is 1. The number of hydrogen-bond acceptors (Lipinski definition) is 8. The Morgan fingerprint density at radius 2 is 1.97 bits per heavy atom. The SMILES string of the molecule is CCOc1ccc(C(=O)C2=C(C(=O)OC)Nc3nnnn3[C@@H]2c2cccc(F)c2)cc1. The third-order valence-electron chi connectivity index (χ3n) is 4.74. The Hall–Kier alpha value is -4.08. The van der Waals surface area contributed by atoms with E-state index in [1.54, 1.807) is 30.3 Å². The Kier molecular flexibility index (Phi) is 5.44. The number of tetrazole rings is 1. The highest BCUT2D eigenvalue weighted by atomic mass is 19.1. The smallest absolute Gasteiger partial charge is 0.355 e. The summed E-state index contributed by atoms with van der Waals surface area (Å²) in [5.74, 6) is -1.01. The van der Waals surface area contributed by atoms with Crippen LogP contribution in [0.15, 0.2) is 59.8 Å². The lowest BCUT2D eigenvalue weighted by atomic mass is 9.89. The van der Waals surface area contributed by atoms with Crippen LogP contribution in [0.4, 0.5) is 10.3 Å². The van der Waals surface area contributed by atoms with Gasteiger partial charge in [-0.3, -0.25) is 4.79 Å². The van der Waals surface area contributed by atoms with E-state index in [1.165, 1.54) is 30.0 Å². The minimum absolute atomic E-state index is 0.0291. The number of hydrogen-bond donors (Lipinski definition) is 1. The second kappa shape index (κ2) is 8.34. The van der Waals surface area contributed by atoms with Crippen molar-refractivity contribution in [3.8, 4) is 5.75 Å². The molecule has 3 aromatic rings. The average Bonchev–Trinajstić information content (AvgIpc) is 3.26. The Labute approximate surface area is 176 Å². The van der Waals surface area contributed by atoms with Crippen LogP contribution in [0.25, 0.3) is 0 Å². The summed E-state index contributed by atoms with van der Waals surface area (Å²) in [6.45, 7) is 2.34. The summed E-state index contributed by atoms with van der Waals surface area (Å²) in [7, 11) is 1.20. The molecule has 0 amide bonds. The standard InChI is InChI=1S/C21H18FN5O4/c1-3-31-15-9-7-12(8-10-15)19(28)16-17(20(29)30-2)23-21-24-25-26-27(21)18(16)13-5-4-6-14(22)11-13/h4-11,18H,3H2,1-2H3,(H,23,24,26)/t18-/m1/s1. The number of esters is 1. The molecule has 158 valence electrons. The summed E-state index contributed by atoms with van der Waals surface area (Å²) in [5, 5.41) is 14.2. The molecular weight excluding hydrogens is 405 g/mol. The van der Waals surface area contributed by atoms with Crippen LogP contribution in [0.3, 0.4) is 0 Å². The second-order valence-corrected chi connectivity index (χ2v) is 6.60. The first-order valence-electron chi connectivity index (χ1n) is 9.44. The van der Waals surface area contributed by atoms with Crippen LogP contribution in [0.1, 0.15) is 28.9 Å². The minimum Gasteiger partial charge on any atom is -0.494 e. The predicted octanol–water partition coefficient (Wildman–Crippen LogP) is 2.54. The first-order chi connectivity index (χ1) is 15.0. The summed E-state index contributed by atoms with van der Waals surface area (Å²) >= 11 is 0. The lowest BCUT2D eigenvalue weighted by Gasteiger charge is -2.28. The Morgan fingerprint density at radius 3 is 2.65 bits per heavy atom. The lowest BCUT2D eigenvalue weighted by Crippen LogP contribution is -2.33. The van der Waals surface area contributed by atoms with Gasteiger partial charge in [0.1, 0.15) is 23.3 Å². The average molecular weight is 423 g/mol. The number of ether oxygens (including phenoxy) is 2. The number of carbonyl (C=O) groups is 2. The van der Waals surface area contributed by atoms with Crippen molar-refractivity contribution in [2.24, 2.45) is 0 Å². The highest BCUT2D eigenvalue weighted by Crippen LogP contribution is 2.37. The number of nitrogens with one attached hydrogen (secondary N) is 1. The molecule has 0 saturated heterocycles. The van der Waals surface area contributed by atoms with Crippen LogP contribution in [0.2, 0.25) is 0 Å². The third kappa shape index (κ3) is 3.75. The first-order valence-corrected chi connectivity index (χ1v) is 9.44. The number of fused-ring (bicyclic) bond motifs is 1. The molecule has 1 N–H and O–H groups in total. The van der Waals surface area contributed by atoms with E-state index in [2.05, 4.69) is 20.8 Å². The summed E-state index contributed by atoms with van der Waals surface area (Å²) in [5.41, 5.74) is 0.615. The van der Waals surface area contributed by atoms with Crippen molar-refractivity contribution in [2.75, 3.05) is 19.0 Å². The number of anilines is 1. The number of rotatable bonds is 6. The summed E-state index contributed by atoms with van der Waals surface area (Å²) in [4.78, 5) is 26.1. The van der Waals surface area contributed by atoms with Crippen molar-refractivity contribution in [3.05, 3.63) is 76.7 Å². The maximum atomic E-state index is 14.0. The van der Waals surface area contributed by atoms with E-state index in [4.69, 9.17) is 9.47 Å². The number of aromatic nitrogens is 4. The topological polar surface area (TPSA) is 108 Å². The molecule has 0 bridgehead atoms. The minimum atomic E-state index is -0.949. The molecule has 1 aliphatic rings. The highest BCUT2D eigenvalue weighted by molar-refractivity contribution is 6.14. The highest BCUT2D eigenvalue weighted by Gasteiger charge is 2.38. The quantitative estimate of drug-likeness (QED) is 0.476. The molecule has 0 spiro atoms. The summed E-state index contributed by atoms with van der Waals surface area (Å²) in [6.07, 6.45) is 0. The van der Waals surface area contributed by atoms with E-state index < -0.39 is 23.6 Å². The predicted molar refractivity (Wildman–Crippen MR) is 107 cm³/mol. The third-order valence-corrected chi connectivity index (χ3v) is 4.74. The van der Waals surface area contributed by atoms with Gasteiger partial charge in [0.05, 0.1) is 19.3 Å². The van der Waals surface area contributed by atoms with Gasteiger partial charge in [0.15, 0.2) is 5.78 Å². The molecule has 0 saturated carbocycles. The summed E-state index contributed by atoms with van der Waals surface area (Å²) < 4.78 is 25.6. The second-order valence-electron chi connectivity index (χ2n) is 6.60.